The van der Waals surface area contributed by atoms with Crippen LogP contribution in [0.3, 0.4) is 0 Å². The van der Waals surface area contributed by atoms with Crippen LogP contribution < -0.4 is 0 Å². The first-order valence-electron chi connectivity index (χ1n) is 51.9. The second kappa shape index (κ2) is 69.2. The summed E-state index contributed by atoms with van der Waals surface area (Å²) in [4.78, 5) is -0.188. The summed E-state index contributed by atoms with van der Waals surface area (Å²) < 4.78 is 144. The summed E-state index contributed by atoms with van der Waals surface area (Å²) in [5.74, 6) is 0. The van der Waals surface area contributed by atoms with Crippen LogP contribution >= 0.6 is 0 Å². The summed E-state index contributed by atoms with van der Waals surface area (Å²) in [5, 5.41) is 6.16. The Morgan fingerprint density at radius 2 is 0.287 bits per heavy atom. The van der Waals surface area contributed by atoms with E-state index >= 15 is 0 Å². The Morgan fingerprint density at radius 1 is 0.171 bits per heavy atom. The number of aryl methyl sites for hydroxylation is 8. The van der Waals surface area contributed by atoms with Gasteiger partial charge in [-0.3, -0.25) is 0 Å². The zero-order valence-corrected chi connectivity index (χ0v) is 89.0. The molecule has 0 aliphatic rings. The van der Waals surface area contributed by atoms with Gasteiger partial charge in [-0.25, -0.2) is 33.7 Å². The molecule has 0 bridgehead atoms. The molecule has 4 radical (unpaired) electrons. The average Bonchev–Trinajstić information content (AvgIpc) is 0.785. The van der Waals surface area contributed by atoms with E-state index in [2.05, 4.69) is 55.4 Å². The molecular formula is C112H172O12PbS4-4. The first-order valence-corrected chi connectivity index (χ1v) is 57.6. The molecule has 8 aromatic carbocycles. The number of fused-ring (bicyclic) bond motifs is 4. The number of hydrogen-bond donors (Lipinski definition) is 0. The first-order chi connectivity index (χ1) is 61.9. The monoisotopic (exact) mass is 2050 g/mol. The first kappa shape index (κ1) is 117. The summed E-state index contributed by atoms with van der Waals surface area (Å²) >= 11 is 0. The molecular weight excluding hydrogens is 1870 g/mol. The minimum Gasteiger partial charge on any atom is -0.744 e. The van der Waals surface area contributed by atoms with E-state index in [0.717, 1.165) is 172 Å². The smallest absolute Gasteiger partial charge is 0.125 e. The molecule has 0 amide bonds. The second-order valence-electron chi connectivity index (χ2n) is 37.0. The van der Waals surface area contributed by atoms with Crippen LogP contribution in [0.15, 0.2) is 141 Å². The number of unbranched alkanes of at least 4 members (excludes halogenated alkanes) is 48. The van der Waals surface area contributed by atoms with Crippen molar-refractivity contribution in [2.75, 3.05) is 0 Å². The Balaban J connectivity index is 0.000000359. The van der Waals surface area contributed by atoms with Gasteiger partial charge in [0.2, 0.25) is 0 Å². The number of benzene rings is 8. The van der Waals surface area contributed by atoms with Crippen LogP contribution in [0.1, 0.15) is 459 Å². The van der Waals surface area contributed by atoms with Gasteiger partial charge in [0.25, 0.3) is 0 Å². The molecule has 0 saturated heterocycles. The maximum Gasteiger partial charge on any atom is 0.125 e. The topological polar surface area (TPSA) is 229 Å². The SMILES string of the molecule is CCCCCCCCCc1cc(S(=O)(=O)[O-])c2ccccc2c1CCCCCCCCC.CCCCCCCCCc1cc(S(=O)(=O)[O-])c2ccccc2c1CCCCCCCCC.CCCCCCCCCc1cc(S(=O)(=O)[O-])c2ccccc2c1CCCCCCCCC.CCCCCCCCCc1cc(S(=O)(=O)[O-])c2ccccc2c1CCCCCCCCC.[Pb]. The Morgan fingerprint density at radius 3 is 0.419 bits per heavy atom. The fourth-order valence-corrected chi connectivity index (χ4v) is 21.8. The average molecular weight is 2050 g/mol. The van der Waals surface area contributed by atoms with Crippen LogP contribution in [0.5, 0.6) is 0 Å². The molecule has 12 nitrogen and oxygen atoms in total. The zero-order valence-electron chi connectivity index (χ0n) is 81.8. The van der Waals surface area contributed by atoms with Gasteiger partial charge in [-0.15, -0.1) is 0 Å². The van der Waals surface area contributed by atoms with Gasteiger partial charge in [0.1, 0.15) is 40.5 Å². The number of hydrogen-bond acceptors (Lipinski definition) is 12. The van der Waals surface area contributed by atoms with E-state index in [0.29, 0.717) is 21.5 Å². The third-order valence-corrected chi connectivity index (χ3v) is 29.7. The molecule has 129 heavy (non-hydrogen) atoms. The molecule has 17 heteroatoms. The summed E-state index contributed by atoms with van der Waals surface area (Å²) in [7, 11) is -18.0. The molecule has 0 N–H and O–H groups in total. The molecule has 0 aromatic heterocycles. The van der Waals surface area contributed by atoms with Crippen molar-refractivity contribution in [2.24, 2.45) is 0 Å². The van der Waals surface area contributed by atoms with E-state index in [1.54, 1.807) is 48.5 Å². The quantitative estimate of drug-likeness (QED) is 0.0197. The summed E-state index contributed by atoms with van der Waals surface area (Å²) in [6.07, 6.45) is 76.7. The predicted octanol–water partition coefficient (Wildman–Crippen LogP) is 32.9. The standard InChI is InChI=1S/4C28H44O3S.Pb/c4*1-3-5-7-9-11-13-15-19-24-23-28(32(29,30)31)27-22-18-17-21-26(27)25(24)20-16-14-12-10-8-6-4-2;/h4*17-18,21-23H,3-16,19-20H2,1-2H3,(H,29,30,31);/p-4. The minimum absolute atomic E-state index is 0. The van der Waals surface area contributed by atoms with Crippen molar-refractivity contribution in [3.05, 3.63) is 166 Å². The zero-order chi connectivity index (χ0) is 92.9. The van der Waals surface area contributed by atoms with Crippen molar-refractivity contribution < 1.29 is 51.9 Å². The Hall–Kier alpha value is -4.64. The van der Waals surface area contributed by atoms with Gasteiger partial charge >= 0.3 is 0 Å². The number of rotatable bonds is 68. The van der Waals surface area contributed by atoms with Gasteiger partial charge in [0, 0.05) is 27.3 Å². The minimum atomic E-state index is -4.50. The molecule has 724 valence electrons. The molecule has 0 saturated carbocycles. The Labute approximate surface area is 807 Å². The molecule has 8 rings (SSSR count). The Kier molecular flexibility index (Phi) is 62.6. The molecule has 0 aliphatic heterocycles. The van der Waals surface area contributed by atoms with Crippen molar-refractivity contribution in [1.29, 1.82) is 0 Å². The molecule has 0 fully saturated rings. The molecule has 0 atom stereocenters. The van der Waals surface area contributed by atoms with Crippen molar-refractivity contribution in [2.45, 2.75) is 486 Å². The van der Waals surface area contributed by atoms with Gasteiger partial charge in [0.05, 0.1) is 19.6 Å². The normalized spacial score (nSPS) is 11.9. The van der Waals surface area contributed by atoms with Crippen molar-refractivity contribution in [3.8, 4) is 0 Å². The van der Waals surface area contributed by atoms with E-state index < -0.39 is 40.5 Å². The third-order valence-electron chi connectivity index (χ3n) is 26.2. The van der Waals surface area contributed by atoms with Crippen molar-refractivity contribution >= 4 is 111 Å². The molecule has 0 aliphatic carbocycles. The third kappa shape index (κ3) is 45.7. The largest absolute Gasteiger partial charge is 0.744 e. The van der Waals surface area contributed by atoms with E-state index in [1.165, 1.54) is 305 Å². The maximum absolute atomic E-state index is 12.0. The summed E-state index contributed by atoms with van der Waals surface area (Å²) in [6.45, 7) is 17.9. The van der Waals surface area contributed by atoms with Gasteiger partial charge < -0.3 is 18.2 Å². The van der Waals surface area contributed by atoms with Gasteiger partial charge in [-0.05, 0) is 215 Å². The predicted molar refractivity (Wildman–Crippen MR) is 547 cm³/mol. The molecule has 8 aromatic rings. The van der Waals surface area contributed by atoms with Gasteiger partial charge in [-0.1, -0.05) is 461 Å². The summed E-state index contributed by atoms with van der Waals surface area (Å²) in [6, 6.07) is 37.0. The fourth-order valence-electron chi connectivity index (χ4n) is 18.9. The van der Waals surface area contributed by atoms with Crippen molar-refractivity contribution in [3.63, 3.8) is 0 Å². The molecule has 0 spiro atoms. The van der Waals surface area contributed by atoms with E-state index in [4.69, 9.17) is 0 Å². The van der Waals surface area contributed by atoms with Crippen LogP contribution in [0.4, 0.5) is 0 Å². The van der Waals surface area contributed by atoms with Gasteiger partial charge in [0.15, 0.2) is 0 Å². The maximum atomic E-state index is 12.0. The fraction of sp³-hybridized carbons (Fsp3) is 0.643. The van der Waals surface area contributed by atoms with Crippen LogP contribution in [0, 0.1) is 0 Å². The van der Waals surface area contributed by atoms with Crippen molar-refractivity contribution in [1.82, 2.24) is 0 Å². The van der Waals surface area contributed by atoms with E-state index in [9.17, 15) is 51.9 Å². The summed E-state index contributed by atoms with van der Waals surface area (Å²) in [5.41, 5.74) is 9.30. The molecule has 0 unspecified atom stereocenters. The van der Waals surface area contributed by atoms with E-state index in [-0.39, 0.29) is 46.9 Å². The second-order valence-corrected chi connectivity index (χ2v) is 42.4. The van der Waals surface area contributed by atoms with Crippen LogP contribution in [-0.4, -0.2) is 79.2 Å². The van der Waals surface area contributed by atoms with E-state index in [1.807, 2.05) is 72.8 Å². The van der Waals surface area contributed by atoms with Crippen LogP contribution in [0.2, 0.25) is 0 Å². The van der Waals surface area contributed by atoms with Crippen LogP contribution in [-0.2, 0) is 91.8 Å². The van der Waals surface area contributed by atoms with Gasteiger partial charge in [-0.2, -0.15) is 0 Å². The Bertz CT molecular complexity index is 4220. The van der Waals surface area contributed by atoms with Crippen LogP contribution in [0.25, 0.3) is 43.1 Å². The molecule has 0 heterocycles.